The van der Waals surface area contributed by atoms with Crippen molar-refractivity contribution in [3.8, 4) is 77.0 Å². The second-order valence-corrected chi connectivity index (χ2v) is 47.0. The van der Waals surface area contributed by atoms with Crippen molar-refractivity contribution < 1.29 is 59.9 Å². The minimum Gasteiger partial charge on any atom is -0.492 e. The molecule has 10 aromatic heterocycles. The van der Waals surface area contributed by atoms with Crippen molar-refractivity contribution in [2.75, 3.05) is 100 Å². The highest BCUT2D eigenvalue weighted by Gasteiger charge is 2.42. The fourth-order valence-corrected chi connectivity index (χ4v) is 28.3. The van der Waals surface area contributed by atoms with Gasteiger partial charge in [0.25, 0.3) is 0 Å². The number of carbonyl (C=O) groups excluding carboxylic acids is 2. The van der Waals surface area contributed by atoms with Crippen LogP contribution in [0.5, 0.6) is 11.5 Å². The number of nitrogen functional groups attached to an aromatic ring is 3. The summed E-state index contributed by atoms with van der Waals surface area (Å²) in [4.78, 5) is 82.3. The van der Waals surface area contributed by atoms with E-state index in [0.29, 0.717) is 107 Å². The number of rotatable bonds is 40. The van der Waals surface area contributed by atoms with Crippen LogP contribution in [0.2, 0.25) is 0 Å². The average Bonchev–Trinajstić information content (AvgIpc) is 1.62. The Hall–Kier alpha value is -9.64. The van der Waals surface area contributed by atoms with E-state index in [0.717, 1.165) is 179 Å². The molecule has 4 aromatic carbocycles. The number of hydrogen-bond acceptors (Lipinski definition) is 33. The SMILES string of the molecule is CCCCS(=O)C1=C(N)C2C(=NC(c3nccs3)=CC2c2ccc(CNC(=O)NCCO)cc2)S1.CCCCS(=O)c1sc2nc(-c3nccs3)cc(-c3ccc(CNC(=O)CN(C)C)cc3)c2c1N.CCCCS(=O)c1sc2nc(-c3nccs3)cc(-c3ccc(OCCN)cc3)c2c1N.CCCCS(=O)c1sc2nc(-c3nccs3)cc(-c3ccc(OCCOP(=O)(O)O)cc3)c2c1N. The lowest BCUT2D eigenvalue weighted by atomic mass is 9.82. The maximum Gasteiger partial charge on any atom is 0.469 e. The molecule has 0 saturated carbocycles. The van der Waals surface area contributed by atoms with E-state index in [1.165, 1.54) is 91.1 Å². The number of thiazole rings is 4. The minimum atomic E-state index is -4.52. The molecule has 14 aromatic rings. The zero-order chi connectivity index (χ0) is 96.5. The topological polar surface area (TPSA) is 480 Å². The Balaban J connectivity index is 0.000000154. The van der Waals surface area contributed by atoms with Gasteiger partial charge in [-0.05, 0) is 138 Å². The third-order valence-corrected chi connectivity index (χ3v) is 36.7. The summed E-state index contributed by atoms with van der Waals surface area (Å²) in [5.41, 5.74) is 45.7. The van der Waals surface area contributed by atoms with Gasteiger partial charge in [-0.1, -0.05) is 138 Å². The van der Waals surface area contributed by atoms with Gasteiger partial charge in [0.05, 0.1) is 101 Å². The first kappa shape index (κ1) is 104. The highest BCUT2D eigenvalue weighted by atomic mass is 32.2. The highest BCUT2D eigenvalue weighted by Crippen LogP contribution is 2.52. The Bertz CT molecular complexity index is 6640. The number of hydrogen-bond donors (Lipinski definition) is 11. The number of phosphoric ester groups is 1. The number of amides is 3. The molecule has 16 rings (SSSR count). The molecule has 43 heteroatoms. The molecule has 16 N–H and O–H groups in total. The van der Waals surface area contributed by atoms with Crippen LogP contribution in [0.1, 0.15) is 107 Å². The zero-order valence-corrected chi connectivity index (χ0v) is 86.0. The maximum atomic E-state index is 13.0. The fourth-order valence-electron chi connectivity index (χ4n) is 14.2. The Labute approximate surface area is 830 Å². The number of allylic oxidation sites excluding steroid dienone is 2. The number of nitrogens with zero attached hydrogens (tertiary/aromatic N) is 9. The van der Waals surface area contributed by atoms with Crippen molar-refractivity contribution in [2.24, 2.45) is 22.4 Å². The lowest BCUT2D eigenvalue weighted by Crippen LogP contribution is -2.36. The molecule has 0 aliphatic carbocycles. The van der Waals surface area contributed by atoms with E-state index in [2.05, 4.69) is 74.2 Å². The number of pyridine rings is 3. The van der Waals surface area contributed by atoms with E-state index in [-0.39, 0.29) is 50.1 Å². The third kappa shape index (κ3) is 27.1. The summed E-state index contributed by atoms with van der Waals surface area (Å²) in [5, 5.41) is 31.4. The molecule has 0 fully saturated rings. The number of unbranched alkanes of at least 4 members (excludes halogenated alkanes) is 4. The number of aliphatic imine (C=N–C) groups is 1. The summed E-state index contributed by atoms with van der Waals surface area (Å²) in [7, 11) is -5.41. The molecule has 136 heavy (non-hydrogen) atoms. The van der Waals surface area contributed by atoms with Crippen LogP contribution in [0.4, 0.5) is 21.9 Å². The molecular formula is C93H106N17O13PS12. The van der Waals surface area contributed by atoms with Crippen LogP contribution < -0.4 is 54.1 Å². The Morgan fingerprint density at radius 3 is 1.30 bits per heavy atom. The predicted octanol–water partition coefficient (Wildman–Crippen LogP) is 18.2. The number of likely N-dealkylation sites (N-methyl/N-ethyl adjacent to an activating group) is 1. The van der Waals surface area contributed by atoms with Crippen LogP contribution in [-0.2, 0) is 70.2 Å². The number of anilines is 3. The molecule has 3 amide bonds. The number of carbonyl (C=O) groups is 2. The van der Waals surface area contributed by atoms with Gasteiger partial charge in [-0.25, -0.2) is 49.2 Å². The molecule has 0 saturated heterocycles. The highest BCUT2D eigenvalue weighted by molar-refractivity contribution is 8.26. The molecule has 0 bridgehead atoms. The number of benzene rings is 4. The van der Waals surface area contributed by atoms with Crippen LogP contribution >= 0.6 is 98.9 Å². The van der Waals surface area contributed by atoms with Gasteiger partial charge in [-0.2, -0.15) is 0 Å². The number of phosphoric acid groups is 1. The average molecular weight is 2090 g/mol. The number of aliphatic hydroxyl groups excluding tert-OH is 1. The number of fused-ring (bicyclic) bond motifs is 4. The van der Waals surface area contributed by atoms with Gasteiger partial charge in [0.2, 0.25) is 5.91 Å². The summed E-state index contributed by atoms with van der Waals surface area (Å²) in [6, 6.07) is 36.8. The molecule has 2 aliphatic heterocycles. The van der Waals surface area contributed by atoms with Crippen LogP contribution in [-0.4, -0.2) is 172 Å². The molecule has 0 spiro atoms. The minimum absolute atomic E-state index is 0.0113. The molecule has 12 heterocycles. The lowest BCUT2D eigenvalue weighted by molar-refractivity contribution is -0.121. The van der Waals surface area contributed by atoms with Crippen LogP contribution in [0, 0.1) is 5.92 Å². The Kier molecular flexibility index (Phi) is 38.4. The first-order valence-electron chi connectivity index (χ1n) is 43.7. The smallest absolute Gasteiger partial charge is 0.469 e. The first-order valence-corrected chi connectivity index (χ1v) is 57.2. The molecule has 0 radical (unpaired) electrons. The second kappa shape index (κ2) is 50.3. The van der Waals surface area contributed by atoms with Gasteiger partial charge >= 0.3 is 13.9 Å². The predicted molar refractivity (Wildman–Crippen MR) is 563 cm³/mol. The quantitative estimate of drug-likeness (QED) is 0.0125. The second-order valence-electron chi connectivity index (χ2n) is 31.1. The van der Waals surface area contributed by atoms with Crippen molar-refractivity contribution in [1.82, 2.24) is 55.7 Å². The van der Waals surface area contributed by atoms with Gasteiger partial charge in [-0.15, -0.1) is 79.4 Å². The number of nitrogens with one attached hydrogen (secondary N) is 3. The number of nitrogens with two attached hydrogens (primary N) is 5. The van der Waals surface area contributed by atoms with Gasteiger partial charge in [-0.3, -0.25) is 26.2 Å². The number of ether oxygens (including phenoxy) is 2. The first-order chi connectivity index (χ1) is 65.8. The van der Waals surface area contributed by atoms with Crippen LogP contribution in [0.3, 0.4) is 0 Å². The van der Waals surface area contributed by atoms with E-state index in [1.807, 2.05) is 144 Å². The van der Waals surface area contributed by atoms with Gasteiger partial charge in [0.1, 0.15) is 88.9 Å². The number of urea groups is 1. The number of aromatic nitrogens is 7. The third-order valence-electron chi connectivity index (χ3n) is 20.9. The van der Waals surface area contributed by atoms with Gasteiger partial charge in [0.15, 0.2) is 0 Å². The van der Waals surface area contributed by atoms with Gasteiger partial charge < -0.3 is 73.9 Å². The normalized spacial score (nSPS) is 14.5. The van der Waals surface area contributed by atoms with E-state index in [9.17, 15) is 31.0 Å². The standard InChI is InChI=1S/C25H29N5O2S3.C24H29N5O3S3.C22H24N4O2S3.C22H24N3O6PS3/c1-4-5-12-35(32)25-22(26)21-18(13-19(29-24(21)34-25)23-27-10-11-33-23)17-8-6-16(7-9-17)14-28-20(31)15-30(2)3;1-2-3-12-35(32)23-20(25)19-17(13-18(29-22(19)34-23)21-26-9-11-33-21)16-6-4-15(5-7-16)14-28-24(31)27-8-10-30;1-2-3-12-31(27)22-19(24)18-16(14-4-6-15(7-5-14)28-10-8-23)13-17(26-21(18)30-22)20-25-9-11-29-20;1-2-3-12-35(29)22-19(23)18-16(13-17(25-21(18)34-22)20-24-8-11-33-20)14-4-6-15(7-5-14)30-9-10-31-32(26,27)28/h6-11,13H,4-5,12,14-15,26H2,1-3H3,(H,28,31);4-7,9,11,13,17,19,30H,2-3,8,10,12,14,25H2,1H3,(H2,27,28,31);4-7,9,11,13H,2-3,8,10,12,23-24H2,1H3;4-8,11,13H,2-3,9-10,12,23H2,1H3,(H2,26,27,28). The Morgan fingerprint density at radius 1 is 0.515 bits per heavy atom. The summed E-state index contributed by atoms with van der Waals surface area (Å²) >= 11 is 11.7. The number of thiophene rings is 3. The summed E-state index contributed by atoms with van der Waals surface area (Å²) in [6.45, 7) is 10.3. The van der Waals surface area contributed by atoms with E-state index >= 15 is 0 Å². The summed E-state index contributed by atoms with van der Waals surface area (Å²) < 4.78 is 80.8. The summed E-state index contributed by atoms with van der Waals surface area (Å²) in [5.74, 6) is 3.41. The zero-order valence-electron chi connectivity index (χ0n) is 75.4. The van der Waals surface area contributed by atoms with Crippen LogP contribution in [0.25, 0.3) is 102 Å². The number of thioether (sulfide) groups is 1. The maximum absolute atomic E-state index is 13.0. The molecular weight excluding hydrogens is 1980 g/mol. The number of aliphatic hydroxyl groups is 1. The molecule has 2 aliphatic rings. The molecule has 718 valence electrons. The van der Waals surface area contributed by atoms with Crippen molar-refractivity contribution in [3.63, 3.8) is 0 Å². The molecule has 6 unspecified atom stereocenters. The lowest BCUT2D eigenvalue weighted by Gasteiger charge is -2.26. The van der Waals surface area contributed by atoms with E-state index in [1.54, 1.807) is 36.9 Å². The van der Waals surface area contributed by atoms with Crippen molar-refractivity contribution >= 4 is 213 Å². The van der Waals surface area contributed by atoms with E-state index < -0.39 is 51.0 Å². The fraction of sp³-hybridized carbons (Fsp3) is 0.312. The molecule has 6 atom stereocenters. The van der Waals surface area contributed by atoms with Crippen LogP contribution in [0.15, 0.2) is 195 Å². The largest absolute Gasteiger partial charge is 0.492 e. The monoisotopic (exact) mass is 2080 g/mol. The van der Waals surface area contributed by atoms with E-state index in [4.69, 9.17) is 73.0 Å². The Morgan fingerprint density at radius 2 is 0.912 bits per heavy atom. The van der Waals surface area contributed by atoms with Crippen molar-refractivity contribution in [3.05, 3.63) is 199 Å². The summed E-state index contributed by atoms with van der Waals surface area (Å²) in [6.07, 6.45) is 16.6. The van der Waals surface area contributed by atoms with Gasteiger partial charge in [0, 0.05) is 123 Å². The van der Waals surface area contributed by atoms with Crippen molar-refractivity contribution in [2.45, 2.75) is 111 Å². The molecule has 30 nitrogen and oxygen atoms in total. The van der Waals surface area contributed by atoms with Crippen molar-refractivity contribution in [1.29, 1.82) is 0 Å².